The molecule has 3 aliphatic carbocycles. The van der Waals surface area contributed by atoms with E-state index in [9.17, 15) is 10.2 Å². The zero-order valence-corrected chi connectivity index (χ0v) is 8.60. The summed E-state index contributed by atoms with van der Waals surface area (Å²) < 4.78 is 0. The lowest BCUT2D eigenvalue weighted by Gasteiger charge is -2.30. The molecule has 0 saturated heterocycles. The molecule has 6 atom stereocenters. The number of rotatable bonds is 2. The minimum atomic E-state index is 0.385. The van der Waals surface area contributed by atoms with E-state index in [1.165, 1.54) is 25.7 Å². The molecular weight excluding hydrogens is 176 g/mol. The van der Waals surface area contributed by atoms with Gasteiger partial charge in [-0.3, -0.25) is 0 Å². The van der Waals surface area contributed by atoms with Crippen LogP contribution in [0.15, 0.2) is 0 Å². The van der Waals surface area contributed by atoms with Crippen molar-refractivity contribution in [1.82, 2.24) is 0 Å². The molecule has 14 heavy (non-hydrogen) atoms. The van der Waals surface area contributed by atoms with E-state index < -0.39 is 0 Å². The molecule has 2 bridgehead atoms. The fourth-order valence-electron chi connectivity index (χ4n) is 4.68. The van der Waals surface area contributed by atoms with Crippen LogP contribution in [0, 0.1) is 35.5 Å². The number of fused-ring (bicyclic) bond motifs is 5. The lowest BCUT2D eigenvalue weighted by molar-refractivity contribution is 0.120. The third kappa shape index (κ3) is 1.10. The van der Waals surface area contributed by atoms with E-state index in [0.29, 0.717) is 25.0 Å². The summed E-state index contributed by atoms with van der Waals surface area (Å²) in [6.45, 7) is 0.782. The van der Waals surface area contributed by atoms with Crippen LogP contribution in [0.2, 0.25) is 0 Å². The molecule has 0 unspecified atom stereocenters. The Hall–Kier alpha value is -0.0800. The number of aliphatic hydroxyl groups is 2. The van der Waals surface area contributed by atoms with E-state index in [1.54, 1.807) is 0 Å². The summed E-state index contributed by atoms with van der Waals surface area (Å²) in [4.78, 5) is 0. The highest BCUT2D eigenvalue weighted by Gasteiger charge is 2.55. The van der Waals surface area contributed by atoms with Crippen LogP contribution in [0.4, 0.5) is 0 Å². The molecule has 0 radical (unpaired) electrons. The smallest absolute Gasteiger partial charge is 0.0462 e. The van der Waals surface area contributed by atoms with Crippen LogP contribution in [0.3, 0.4) is 0 Å². The van der Waals surface area contributed by atoms with Gasteiger partial charge in [-0.1, -0.05) is 0 Å². The second-order valence-corrected chi connectivity index (χ2v) is 5.69. The molecule has 2 heteroatoms. The molecule has 0 aliphatic heterocycles. The van der Waals surface area contributed by atoms with Gasteiger partial charge in [-0.2, -0.15) is 0 Å². The van der Waals surface area contributed by atoms with E-state index in [0.717, 1.165) is 23.7 Å². The molecule has 3 aliphatic rings. The Labute approximate surface area is 85.3 Å². The first-order valence-electron chi connectivity index (χ1n) is 6.05. The maximum absolute atomic E-state index is 9.28. The summed E-state index contributed by atoms with van der Waals surface area (Å²) in [6.07, 6.45) is 5.14. The van der Waals surface area contributed by atoms with E-state index in [-0.39, 0.29) is 0 Å². The third-order valence-corrected chi connectivity index (χ3v) is 5.20. The number of aliphatic hydroxyl groups excluding tert-OH is 2. The van der Waals surface area contributed by atoms with Gasteiger partial charge in [0, 0.05) is 13.2 Å². The molecule has 0 aromatic rings. The Morgan fingerprint density at radius 3 is 2.29 bits per heavy atom. The monoisotopic (exact) mass is 196 g/mol. The fraction of sp³-hybridized carbons (Fsp3) is 1.00. The largest absolute Gasteiger partial charge is 0.396 e. The lowest BCUT2D eigenvalue weighted by atomic mass is 9.76. The molecule has 3 fully saturated rings. The van der Waals surface area contributed by atoms with Crippen molar-refractivity contribution in [1.29, 1.82) is 0 Å². The standard InChI is InChI=1S/C12H20O2/c13-5-7-1-10-8-3-9(6-14)11(4-8)12(10)2-7/h7-14H,1-6H2/t7-,8-,9-,10+,11+,12-/m1/s1. The predicted molar refractivity (Wildman–Crippen MR) is 53.6 cm³/mol. The first-order chi connectivity index (χ1) is 6.83. The average molecular weight is 196 g/mol. The van der Waals surface area contributed by atoms with Gasteiger partial charge < -0.3 is 10.2 Å². The summed E-state index contributed by atoms with van der Waals surface area (Å²) in [5.74, 6) is 4.61. The van der Waals surface area contributed by atoms with E-state index in [4.69, 9.17) is 0 Å². The molecule has 2 nitrogen and oxygen atoms in total. The highest BCUT2D eigenvalue weighted by atomic mass is 16.3. The van der Waals surface area contributed by atoms with Crippen molar-refractivity contribution in [3.63, 3.8) is 0 Å². The van der Waals surface area contributed by atoms with Crippen molar-refractivity contribution in [2.24, 2.45) is 35.5 Å². The molecule has 0 amide bonds. The maximum Gasteiger partial charge on any atom is 0.0462 e. The first kappa shape index (κ1) is 9.17. The second kappa shape index (κ2) is 3.21. The van der Waals surface area contributed by atoms with E-state index in [1.807, 2.05) is 0 Å². The lowest BCUT2D eigenvalue weighted by Crippen LogP contribution is -2.26. The summed E-state index contributed by atoms with van der Waals surface area (Å²) in [5, 5.41) is 18.5. The summed E-state index contributed by atoms with van der Waals surface area (Å²) >= 11 is 0. The number of hydrogen-bond acceptors (Lipinski definition) is 2. The molecular formula is C12H20O2. The van der Waals surface area contributed by atoms with Crippen LogP contribution in [-0.2, 0) is 0 Å². The van der Waals surface area contributed by atoms with E-state index >= 15 is 0 Å². The molecule has 0 spiro atoms. The minimum absolute atomic E-state index is 0.385. The molecule has 0 aromatic carbocycles. The second-order valence-electron chi connectivity index (χ2n) is 5.69. The van der Waals surface area contributed by atoms with Crippen molar-refractivity contribution in [3.05, 3.63) is 0 Å². The van der Waals surface area contributed by atoms with Crippen molar-refractivity contribution in [3.8, 4) is 0 Å². The zero-order valence-electron chi connectivity index (χ0n) is 8.60. The summed E-state index contributed by atoms with van der Waals surface area (Å²) in [5.41, 5.74) is 0. The van der Waals surface area contributed by atoms with Crippen LogP contribution < -0.4 is 0 Å². The van der Waals surface area contributed by atoms with Crippen LogP contribution in [0.25, 0.3) is 0 Å². The summed E-state index contributed by atoms with van der Waals surface area (Å²) in [7, 11) is 0. The zero-order chi connectivity index (χ0) is 9.71. The van der Waals surface area contributed by atoms with Gasteiger partial charge in [-0.15, -0.1) is 0 Å². The van der Waals surface area contributed by atoms with Gasteiger partial charge in [0.1, 0.15) is 0 Å². The SMILES string of the molecule is OC[C@H]1C[C@@H]2[C@@H](C1)[C@@H]1C[C@H](CO)[C@@H]2C1. The third-order valence-electron chi connectivity index (χ3n) is 5.20. The van der Waals surface area contributed by atoms with Crippen LogP contribution in [-0.4, -0.2) is 23.4 Å². The Morgan fingerprint density at radius 1 is 0.786 bits per heavy atom. The van der Waals surface area contributed by atoms with Gasteiger partial charge in [0.25, 0.3) is 0 Å². The summed E-state index contributed by atoms with van der Waals surface area (Å²) in [6, 6.07) is 0. The van der Waals surface area contributed by atoms with Crippen LogP contribution in [0.1, 0.15) is 25.7 Å². The van der Waals surface area contributed by atoms with Crippen LogP contribution in [0.5, 0.6) is 0 Å². The molecule has 3 rings (SSSR count). The first-order valence-corrected chi connectivity index (χ1v) is 6.05. The van der Waals surface area contributed by atoms with Gasteiger partial charge in [-0.25, -0.2) is 0 Å². The van der Waals surface area contributed by atoms with Crippen molar-refractivity contribution < 1.29 is 10.2 Å². The Kier molecular flexibility index (Phi) is 2.10. The van der Waals surface area contributed by atoms with Crippen molar-refractivity contribution in [2.75, 3.05) is 13.2 Å². The fourth-order valence-corrected chi connectivity index (χ4v) is 4.68. The Balaban J connectivity index is 1.75. The molecule has 3 saturated carbocycles. The highest BCUT2D eigenvalue weighted by molar-refractivity contribution is 5.04. The Morgan fingerprint density at radius 2 is 1.57 bits per heavy atom. The van der Waals surface area contributed by atoms with Crippen LogP contribution >= 0.6 is 0 Å². The minimum Gasteiger partial charge on any atom is -0.396 e. The maximum atomic E-state index is 9.28. The van der Waals surface area contributed by atoms with Gasteiger partial charge in [-0.05, 0) is 61.2 Å². The topological polar surface area (TPSA) is 40.5 Å². The molecule has 0 aromatic heterocycles. The van der Waals surface area contributed by atoms with Crippen molar-refractivity contribution in [2.45, 2.75) is 25.7 Å². The predicted octanol–water partition coefficient (Wildman–Crippen LogP) is 1.27. The average Bonchev–Trinajstić information content (AvgIpc) is 2.87. The van der Waals surface area contributed by atoms with E-state index in [2.05, 4.69) is 0 Å². The molecule has 80 valence electrons. The molecule has 2 N–H and O–H groups in total. The number of hydrogen-bond donors (Lipinski definition) is 2. The molecule has 0 heterocycles. The quantitative estimate of drug-likeness (QED) is 0.698. The Bertz CT molecular complexity index is 226. The van der Waals surface area contributed by atoms with Gasteiger partial charge >= 0.3 is 0 Å². The van der Waals surface area contributed by atoms with Gasteiger partial charge in [0.05, 0.1) is 0 Å². The van der Waals surface area contributed by atoms with Gasteiger partial charge in [0.15, 0.2) is 0 Å². The highest BCUT2D eigenvalue weighted by Crippen LogP contribution is 2.61. The van der Waals surface area contributed by atoms with Crippen molar-refractivity contribution >= 4 is 0 Å². The van der Waals surface area contributed by atoms with Gasteiger partial charge in [0.2, 0.25) is 0 Å². The normalized spacial score (nSPS) is 55.3.